The van der Waals surface area contributed by atoms with Gasteiger partial charge in [0.05, 0.1) is 22.0 Å². The largest absolute Gasteiger partial charge is 0.373 e. The van der Waals surface area contributed by atoms with E-state index in [2.05, 4.69) is 30.8 Å². The van der Waals surface area contributed by atoms with Gasteiger partial charge in [0.15, 0.2) is 5.13 Å². The fraction of sp³-hybridized carbons (Fsp3) is 0.250. The molecule has 0 aliphatic heterocycles. The van der Waals surface area contributed by atoms with E-state index in [0.29, 0.717) is 5.13 Å². The van der Waals surface area contributed by atoms with Crippen LogP contribution in [0.1, 0.15) is 18.2 Å². The summed E-state index contributed by atoms with van der Waals surface area (Å²) in [5, 5.41) is 14.0. The first-order chi connectivity index (χ1) is 11.7. The van der Waals surface area contributed by atoms with E-state index in [0.717, 1.165) is 46.2 Å². The monoisotopic (exact) mass is 340 g/mol. The van der Waals surface area contributed by atoms with E-state index in [4.69, 9.17) is 0 Å². The summed E-state index contributed by atoms with van der Waals surface area (Å²) in [4.78, 5) is 21.2. The van der Waals surface area contributed by atoms with Gasteiger partial charge in [0.2, 0.25) is 5.91 Å². The van der Waals surface area contributed by atoms with Crippen molar-refractivity contribution < 1.29 is 4.79 Å². The van der Waals surface area contributed by atoms with Gasteiger partial charge in [0.1, 0.15) is 5.82 Å². The molecule has 4 rings (SSSR count). The predicted molar refractivity (Wildman–Crippen MR) is 94.2 cm³/mol. The Hall–Kier alpha value is -2.74. The summed E-state index contributed by atoms with van der Waals surface area (Å²) >= 11 is 1.48. The maximum atomic E-state index is 11.2. The van der Waals surface area contributed by atoms with E-state index in [1.807, 2.05) is 25.4 Å². The highest BCUT2D eigenvalue weighted by Crippen LogP contribution is 2.41. The molecule has 3 heterocycles. The number of pyridine rings is 1. The Balaban J connectivity index is 1.73. The van der Waals surface area contributed by atoms with Gasteiger partial charge in [0, 0.05) is 31.3 Å². The van der Waals surface area contributed by atoms with Crippen molar-refractivity contribution in [1.29, 1.82) is 0 Å². The van der Waals surface area contributed by atoms with Crippen LogP contribution in [0.15, 0.2) is 18.3 Å². The van der Waals surface area contributed by atoms with Crippen molar-refractivity contribution >= 4 is 28.2 Å². The number of nitrogens with one attached hydrogen (secondary N) is 3. The first-order valence-electron chi connectivity index (χ1n) is 7.65. The van der Waals surface area contributed by atoms with E-state index in [-0.39, 0.29) is 5.91 Å². The minimum Gasteiger partial charge on any atom is -0.373 e. The van der Waals surface area contributed by atoms with Crippen LogP contribution in [0.5, 0.6) is 0 Å². The molecule has 8 heteroatoms. The van der Waals surface area contributed by atoms with Gasteiger partial charge in [-0.25, -0.2) is 9.97 Å². The maximum Gasteiger partial charge on any atom is 0.223 e. The molecule has 3 N–H and O–H groups in total. The second kappa shape index (κ2) is 5.72. The number of H-pyrrole nitrogens is 1. The molecule has 0 unspecified atom stereocenters. The van der Waals surface area contributed by atoms with Gasteiger partial charge in [-0.1, -0.05) is 11.3 Å². The maximum absolute atomic E-state index is 11.2. The van der Waals surface area contributed by atoms with Crippen LogP contribution in [-0.4, -0.2) is 33.1 Å². The van der Waals surface area contributed by atoms with Gasteiger partial charge in [-0.15, -0.1) is 0 Å². The van der Waals surface area contributed by atoms with E-state index < -0.39 is 0 Å². The Labute approximate surface area is 142 Å². The van der Waals surface area contributed by atoms with Crippen molar-refractivity contribution in [3.05, 3.63) is 29.6 Å². The van der Waals surface area contributed by atoms with Crippen LogP contribution in [0.25, 0.3) is 21.8 Å². The van der Waals surface area contributed by atoms with Crippen LogP contribution in [0.4, 0.5) is 10.9 Å². The van der Waals surface area contributed by atoms with Crippen molar-refractivity contribution in [3.8, 4) is 21.8 Å². The Bertz CT molecular complexity index is 911. The number of carbonyl (C=O) groups is 1. The quantitative estimate of drug-likeness (QED) is 0.681. The van der Waals surface area contributed by atoms with E-state index in [1.54, 1.807) is 0 Å². The average molecular weight is 340 g/mol. The Morgan fingerprint density at radius 1 is 1.33 bits per heavy atom. The average Bonchev–Trinajstić information content (AvgIpc) is 3.17. The molecule has 1 amide bonds. The van der Waals surface area contributed by atoms with Crippen molar-refractivity contribution in [3.63, 3.8) is 0 Å². The van der Waals surface area contributed by atoms with E-state index >= 15 is 0 Å². The number of carbonyl (C=O) groups excluding carboxylic acids is 1. The lowest BCUT2D eigenvalue weighted by molar-refractivity contribution is -0.114. The van der Waals surface area contributed by atoms with Crippen LogP contribution < -0.4 is 10.6 Å². The van der Waals surface area contributed by atoms with Crippen molar-refractivity contribution in [2.75, 3.05) is 17.7 Å². The molecule has 0 saturated heterocycles. The summed E-state index contributed by atoms with van der Waals surface area (Å²) in [6.07, 6.45) is 3.53. The number of nitrogens with zero attached hydrogens (tertiary/aromatic N) is 3. The fourth-order valence-electron chi connectivity index (χ4n) is 2.88. The van der Waals surface area contributed by atoms with Crippen molar-refractivity contribution in [2.24, 2.45) is 0 Å². The van der Waals surface area contributed by atoms with Crippen LogP contribution in [0, 0.1) is 0 Å². The zero-order valence-corrected chi connectivity index (χ0v) is 14.1. The van der Waals surface area contributed by atoms with Gasteiger partial charge < -0.3 is 10.6 Å². The topological polar surface area (TPSA) is 95.6 Å². The van der Waals surface area contributed by atoms with Crippen LogP contribution in [0.2, 0.25) is 0 Å². The molecule has 0 radical (unpaired) electrons. The number of aromatic nitrogens is 4. The molecule has 7 nitrogen and oxygen atoms in total. The molecular formula is C16H16N6OS. The molecule has 0 aromatic carbocycles. The first-order valence-corrected chi connectivity index (χ1v) is 8.46. The smallest absolute Gasteiger partial charge is 0.223 e. The fourth-order valence-corrected chi connectivity index (χ4v) is 3.96. The standard InChI is InChI=1S/C16H16N6OS/c1-8(23)19-16-20-11-5-4-10-13(21-22-14(10)15(11)24-16)9-3-6-12(17-2)18-7-9/h3,6-7H,4-5H2,1-2H3,(H,17,18)(H,21,22)(H,19,20,23). The number of hydrogen-bond acceptors (Lipinski definition) is 6. The number of aromatic amines is 1. The SMILES string of the molecule is CNc1ccc(-c2n[nH]c3c2CCc2nc(NC(C)=O)sc2-3)cn1. The molecule has 3 aromatic rings. The van der Waals surface area contributed by atoms with Gasteiger partial charge >= 0.3 is 0 Å². The number of anilines is 2. The molecule has 0 spiro atoms. The highest BCUT2D eigenvalue weighted by Gasteiger charge is 2.26. The zero-order valence-electron chi connectivity index (χ0n) is 13.3. The molecule has 0 atom stereocenters. The minimum atomic E-state index is -0.109. The molecule has 0 saturated carbocycles. The van der Waals surface area contributed by atoms with Gasteiger partial charge in [-0.3, -0.25) is 9.89 Å². The first kappa shape index (κ1) is 14.8. The number of fused-ring (bicyclic) bond motifs is 3. The number of aryl methyl sites for hydroxylation is 1. The molecule has 3 aromatic heterocycles. The minimum absolute atomic E-state index is 0.109. The van der Waals surface area contributed by atoms with Crippen LogP contribution in [0.3, 0.4) is 0 Å². The lowest BCUT2D eigenvalue weighted by Crippen LogP contribution is -2.05. The summed E-state index contributed by atoms with van der Waals surface area (Å²) in [5.41, 5.74) is 5.11. The second-order valence-corrected chi connectivity index (χ2v) is 6.58. The highest BCUT2D eigenvalue weighted by molar-refractivity contribution is 7.19. The zero-order chi connectivity index (χ0) is 16.7. The Kier molecular flexibility index (Phi) is 3.53. The number of thiazole rings is 1. The summed E-state index contributed by atoms with van der Waals surface area (Å²) in [7, 11) is 1.84. The normalized spacial score (nSPS) is 12.4. The lowest BCUT2D eigenvalue weighted by Gasteiger charge is -2.11. The summed E-state index contributed by atoms with van der Waals surface area (Å²) in [6, 6.07) is 3.95. The third-order valence-corrected chi connectivity index (χ3v) is 5.01. The van der Waals surface area contributed by atoms with E-state index in [9.17, 15) is 4.79 Å². The lowest BCUT2D eigenvalue weighted by atomic mass is 9.96. The molecular weight excluding hydrogens is 324 g/mol. The number of hydrogen-bond donors (Lipinski definition) is 3. The second-order valence-electron chi connectivity index (χ2n) is 5.58. The molecule has 122 valence electrons. The van der Waals surface area contributed by atoms with Crippen molar-refractivity contribution in [2.45, 2.75) is 19.8 Å². The van der Waals surface area contributed by atoms with Gasteiger partial charge in [0.25, 0.3) is 0 Å². The Morgan fingerprint density at radius 3 is 2.92 bits per heavy atom. The highest BCUT2D eigenvalue weighted by atomic mass is 32.1. The summed E-state index contributed by atoms with van der Waals surface area (Å²) in [6.45, 7) is 1.49. The van der Waals surface area contributed by atoms with Crippen LogP contribution >= 0.6 is 11.3 Å². The summed E-state index contributed by atoms with van der Waals surface area (Å²) < 4.78 is 0. The van der Waals surface area contributed by atoms with Gasteiger partial charge in [-0.2, -0.15) is 5.10 Å². The predicted octanol–water partition coefficient (Wildman–Crippen LogP) is 2.69. The molecule has 1 aliphatic carbocycles. The van der Waals surface area contributed by atoms with Crippen LogP contribution in [-0.2, 0) is 17.6 Å². The third-order valence-electron chi connectivity index (χ3n) is 3.98. The number of rotatable bonds is 3. The molecule has 0 fully saturated rings. The van der Waals surface area contributed by atoms with E-state index in [1.165, 1.54) is 23.8 Å². The van der Waals surface area contributed by atoms with Gasteiger partial charge in [-0.05, 0) is 25.0 Å². The van der Waals surface area contributed by atoms with Crippen molar-refractivity contribution in [1.82, 2.24) is 20.2 Å². The molecule has 24 heavy (non-hydrogen) atoms. The molecule has 1 aliphatic rings. The number of amides is 1. The third kappa shape index (κ3) is 2.44. The summed E-state index contributed by atoms with van der Waals surface area (Å²) in [5.74, 6) is 0.718. The Morgan fingerprint density at radius 2 is 2.21 bits per heavy atom. The molecule has 0 bridgehead atoms.